The quantitative estimate of drug-likeness (QED) is 0.669. The van der Waals surface area contributed by atoms with Crippen LogP contribution in [0.3, 0.4) is 0 Å². The Kier molecular flexibility index (Phi) is 5.21. The van der Waals surface area contributed by atoms with Crippen LogP contribution in [0.5, 0.6) is 0 Å². The van der Waals surface area contributed by atoms with Crippen molar-refractivity contribution >= 4 is 17.5 Å². The minimum absolute atomic E-state index is 0.00762. The number of fused-ring (bicyclic) bond motifs is 5. The summed E-state index contributed by atoms with van der Waals surface area (Å²) in [6.07, 6.45) is 6.59. The highest BCUT2D eigenvalue weighted by molar-refractivity contribution is 5.95. The van der Waals surface area contributed by atoms with Crippen molar-refractivity contribution in [2.24, 2.45) is 28.6 Å². The minimum Gasteiger partial charge on any atom is -0.457 e. The molecule has 7 heteroatoms. The third-order valence-corrected chi connectivity index (χ3v) is 9.60. The van der Waals surface area contributed by atoms with E-state index in [9.17, 15) is 24.6 Å². The predicted octanol–water partition coefficient (Wildman–Crippen LogP) is 3.24. The Bertz CT molecular complexity index is 1010. The first-order chi connectivity index (χ1) is 15.7. The number of hydrogen-bond acceptors (Lipinski definition) is 7. The maximum absolute atomic E-state index is 13.2. The minimum atomic E-state index is -1.51. The molecule has 178 valence electrons. The van der Waals surface area contributed by atoms with Crippen molar-refractivity contribution in [2.45, 2.75) is 70.5 Å². The van der Waals surface area contributed by atoms with Gasteiger partial charge in [-0.05, 0) is 79.9 Å². The molecular formula is C26H32O7. The smallest absolute Gasteiger partial charge is 0.375 e. The van der Waals surface area contributed by atoms with Gasteiger partial charge >= 0.3 is 5.97 Å². The van der Waals surface area contributed by atoms with E-state index < -0.39 is 35.5 Å². The third-order valence-electron chi connectivity index (χ3n) is 9.60. The van der Waals surface area contributed by atoms with E-state index >= 15 is 0 Å². The topological polar surface area (TPSA) is 114 Å². The molecule has 1 heterocycles. The SMILES string of the molecule is C[C@]12CCC(=O)C=C1CC[C@@H]1[C@@H]2[C@@H](O)C[C@@]2(C)[C@H]1CC[C@]2(OC(=O)c1ccco1)C(=O)CO. The number of carbonyl (C=O) groups is 3. The summed E-state index contributed by atoms with van der Waals surface area (Å²) in [6, 6.07) is 3.06. The highest BCUT2D eigenvalue weighted by Gasteiger charge is 2.70. The van der Waals surface area contributed by atoms with Gasteiger partial charge in [0.15, 0.2) is 11.4 Å². The van der Waals surface area contributed by atoms with E-state index in [4.69, 9.17) is 9.15 Å². The molecule has 0 bridgehead atoms. The number of carbonyl (C=O) groups excluding carboxylic acids is 3. The van der Waals surface area contributed by atoms with Gasteiger partial charge in [-0.1, -0.05) is 19.4 Å². The Hall–Kier alpha value is -2.25. The number of esters is 1. The Morgan fingerprint density at radius 3 is 2.70 bits per heavy atom. The summed E-state index contributed by atoms with van der Waals surface area (Å²) >= 11 is 0. The van der Waals surface area contributed by atoms with Gasteiger partial charge in [-0.3, -0.25) is 9.59 Å². The number of hydrogen-bond donors (Lipinski definition) is 2. The molecule has 4 aliphatic carbocycles. The number of aliphatic hydroxyl groups excluding tert-OH is 2. The lowest BCUT2D eigenvalue weighted by Gasteiger charge is -2.60. The van der Waals surface area contributed by atoms with Gasteiger partial charge in [-0.15, -0.1) is 0 Å². The molecule has 5 rings (SSSR count). The number of ketones is 2. The van der Waals surface area contributed by atoms with Crippen molar-refractivity contribution in [3.63, 3.8) is 0 Å². The fourth-order valence-electron chi connectivity index (χ4n) is 8.09. The van der Waals surface area contributed by atoms with Crippen LogP contribution in [0.15, 0.2) is 34.5 Å². The van der Waals surface area contributed by atoms with Gasteiger partial charge in [0.2, 0.25) is 11.5 Å². The third kappa shape index (κ3) is 3.04. The van der Waals surface area contributed by atoms with Gasteiger partial charge in [-0.2, -0.15) is 0 Å². The van der Waals surface area contributed by atoms with Crippen molar-refractivity contribution in [2.75, 3.05) is 6.61 Å². The number of ether oxygens (including phenoxy) is 1. The average Bonchev–Trinajstić information content (AvgIpc) is 3.41. The van der Waals surface area contributed by atoms with Gasteiger partial charge in [-0.25, -0.2) is 4.79 Å². The molecule has 33 heavy (non-hydrogen) atoms. The van der Waals surface area contributed by atoms with E-state index in [1.54, 1.807) is 12.1 Å². The first kappa shape index (κ1) is 22.5. The molecule has 0 aromatic carbocycles. The lowest BCUT2D eigenvalue weighted by atomic mass is 9.45. The van der Waals surface area contributed by atoms with E-state index in [0.29, 0.717) is 25.7 Å². The monoisotopic (exact) mass is 456 g/mol. The summed E-state index contributed by atoms with van der Waals surface area (Å²) in [6.45, 7) is 3.38. The van der Waals surface area contributed by atoms with Gasteiger partial charge < -0.3 is 19.4 Å². The molecular weight excluding hydrogens is 424 g/mol. The highest BCUT2D eigenvalue weighted by Crippen LogP contribution is 2.68. The first-order valence-corrected chi connectivity index (χ1v) is 12.0. The van der Waals surface area contributed by atoms with Gasteiger partial charge in [0, 0.05) is 11.8 Å². The van der Waals surface area contributed by atoms with Crippen LogP contribution in [0, 0.1) is 28.6 Å². The normalized spacial score (nSPS) is 42.1. The fraction of sp³-hybridized carbons (Fsp3) is 0.654. The van der Waals surface area contributed by atoms with Crippen molar-refractivity contribution in [1.29, 1.82) is 0 Å². The van der Waals surface area contributed by atoms with Crippen LogP contribution in [0.1, 0.15) is 69.3 Å². The summed E-state index contributed by atoms with van der Waals surface area (Å²) in [7, 11) is 0. The predicted molar refractivity (Wildman–Crippen MR) is 117 cm³/mol. The molecule has 1 aromatic rings. The molecule has 0 aliphatic heterocycles. The molecule has 0 saturated heterocycles. The van der Waals surface area contributed by atoms with Crippen molar-refractivity contribution in [1.82, 2.24) is 0 Å². The van der Waals surface area contributed by atoms with Gasteiger partial charge in [0.1, 0.15) is 6.61 Å². The summed E-state index contributed by atoms with van der Waals surface area (Å²) in [5.74, 6) is -0.894. The van der Waals surface area contributed by atoms with E-state index in [1.807, 2.05) is 6.92 Å². The molecule has 7 atom stereocenters. The van der Waals surface area contributed by atoms with Gasteiger partial charge in [0.05, 0.1) is 12.4 Å². The number of rotatable bonds is 4. The molecule has 3 saturated carbocycles. The van der Waals surface area contributed by atoms with E-state index in [2.05, 4.69) is 6.92 Å². The maximum Gasteiger partial charge on any atom is 0.375 e. The number of allylic oxidation sites excluding steroid dienone is 1. The maximum atomic E-state index is 13.2. The van der Waals surface area contributed by atoms with E-state index in [1.165, 1.54) is 12.3 Å². The second-order valence-corrected chi connectivity index (χ2v) is 10.9. The first-order valence-electron chi connectivity index (χ1n) is 12.0. The van der Waals surface area contributed by atoms with Gasteiger partial charge in [0.25, 0.3) is 0 Å². The summed E-state index contributed by atoms with van der Waals surface area (Å²) in [5, 5.41) is 21.4. The van der Waals surface area contributed by atoms with Crippen LogP contribution < -0.4 is 0 Å². The lowest BCUT2D eigenvalue weighted by Crippen LogP contribution is -2.63. The van der Waals surface area contributed by atoms with Crippen LogP contribution in [-0.4, -0.2) is 46.1 Å². The molecule has 3 fully saturated rings. The van der Waals surface area contributed by atoms with Crippen LogP contribution in [0.2, 0.25) is 0 Å². The molecule has 7 nitrogen and oxygen atoms in total. The summed E-state index contributed by atoms with van der Waals surface area (Å²) < 4.78 is 11.1. The zero-order valence-corrected chi connectivity index (χ0v) is 19.2. The number of aliphatic hydroxyl groups is 2. The van der Waals surface area contributed by atoms with E-state index in [0.717, 1.165) is 24.8 Å². The lowest BCUT2D eigenvalue weighted by molar-refractivity contribution is -0.183. The molecule has 0 radical (unpaired) electrons. The highest BCUT2D eigenvalue weighted by atomic mass is 16.6. The molecule has 2 N–H and O–H groups in total. The number of furan rings is 1. The second kappa shape index (κ2) is 7.64. The van der Waals surface area contributed by atoms with Crippen LogP contribution in [0.25, 0.3) is 0 Å². The zero-order chi connectivity index (χ0) is 23.6. The summed E-state index contributed by atoms with van der Waals surface area (Å²) in [5.41, 5.74) is -1.42. The zero-order valence-electron chi connectivity index (χ0n) is 19.2. The Balaban J connectivity index is 1.53. The van der Waals surface area contributed by atoms with E-state index in [-0.39, 0.29) is 34.7 Å². The Morgan fingerprint density at radius 2 is 2.00 bits per heavy atom. The fourth-order valence-corrected chi connectivity index (χ4v) is 8.09. The second-order valence-electron chi connectivity index (χ2n) is 10.9. The van der Waals surface area contributed by atoms with Crippen LogP contribution in [0.4, 0.5) is 0 Å². The van der Waals surface area contributed by atoms with Crippen LogP contribution >= 0.6 is 0 Å². The van der Waals surface area contributed by atoms with Crippen molar-refractivity contribution in [3.05, 3.63) is 35.8 Å². The Labute approximate surface area is 193 Å². The molecule has 0 unspecified atom stereocenters. The molecule has 1 aromatic heterocycles. The molecule has 4 aliphatic rings. The van der Waals surface area contributed by atoms with Crippen LogP contribution in [-0.2, 0) is 14.3 Å². The largest absolute Gasteiger partial charge is 0.457 e. The standard InChI is InChI=1S/C26H32O7/c1-24-9-7-16(28)12-15(24)5-6-17-18-8-10-26(21(30)14-27,25(18,2)13-19(29)22(17)24)33-23(31)20-4-3-11-32-20/h3-4,11-12,17-19,22,27,29H,5-10,13-14H2,1-2H3/t17-,18-,19-,22+,24-,25-,26-/m0/s1. The summed E-state index contributed by atoms with van der Waals surface area (Å²) in [4.78, 5) is 38.2. The molecule has 0 spiro atoms. The number of Topliss-reactive ketones (excluding diaryl/α,β-unsaturated/α-hetero) is 1. The average molecular weight is 457 g/mol. The van der Waals surface area contributed by atoms with Crippen molar-refractivity contribution < 1.29 is 33.8 Å². The van der Waals surface area contributed by atoms with Crippen molar-refractivity contribution in [3.8, 4) is 0 Å². The Morgan fingerprint density at radius 1 is 1.21 bits per heavy atom. The molecule has 0 amide bonds.